The van der Waals surface area contributed by atoms with E-state index in [1.807, 2.05) is 6.07 Å². The molecule has 1 heterocycles. The van der Waals surface area contributed by atoms with E-state index in [9.17, 15) is 0 Å². The summed E-state index contributed by atoms with van der Waals surface area (Å²) in [6.07, 6.45) is 1.00. The lowest BCUT2D eigenvalue weighted by Gasteiger charge is -2.12. The molecule has 106 valence electrons. The Balaban J connectivity index is 2.18. The second-order valence-electron chi connectivity index (χ2n) is 4.38. The average molecular weight is 310 g/mol. The molecule has 0 fully saturated rings. The van der Waals surface area contributed by atoms with Gasteiger partial charge in [0.2, 0.25) is 0 Å². The first kappa shape index (κ1) is 14.9. The number of benzene rings is 1. The summed E-state index contributed by atoms with van der Waals surface area (Å²) in [6, 6.07) is 10.0. The fourth-order valence-corrected chi connectivity index (χ4v) is 2.54. The summed E-state index contributed by atoms with van der Waals surface area (Å²) in [5.41, 5.74) is 2.56. The number of nitrogens with one attached hydrogen (secondary N) is 2. The molecule has 0 aliphatic rings. The molecule has 3 nitrogen and oxygen atoms in total. The molecular weight excluding hydrogens is 293 g/mol. The Morgan fingerprint density at radius 3 is 2.35 bits per heavy atom. The molecule has 1 aromatic heterocycles. The van der Waals surface area contributed by atoms with E-state index in [1.165, 1.54) is 11.1 Å². The molecule has 0 amide bonds. The predicted octanol–water partition coefficient (Wildman–Crippen LogP) is 4.60. The number of hydrogen-bond acceptors (Lipinski definition) is 3. The van der Waals surface area contributed by atoms with E-state index in [1.54, 1.807) is 13.1 Å². The molecule has 0 aliphatic heterocycles. The van der Waals surface area contributed by atoms with Gasteiger partial charge in [-0.05, 0) is 23.6 Å². The minimum Gasteiger partial charge on any atom is -0.372 e. The van der Waals surface area contributed by atoms with Crippen LogP contribution in [0.1, 0.15) is 18.1 Å². The van der Waals surface area contributed by atoms with Gasteiger partial charge in [-0.1, -0.05) is 54.4 Å². The molecule has 1 aromatic carbocycles. The highest BCUT2D eigenvalue weighted by molar-refractivity contribution is 6.37. The third kappa shape index (κ3) is 3.35. The second kappa shape index (κ2) is 6.82. The second-order valence-corrected chi connectivity index (χ2v) is 5.19. The molecule has 2 aromatic rings. The lowest BCUT2D eigenvalue weighted by Crippen LogP contribution is -2.06. The first-order valence-corrected chi connectivity index (χ1v) is 7.25. The molecule has 20 heavy (non-hydrogen) atoms. The van der Waals surface area contributed by atoms with Crippen LogP contribution in [0.25, 0.3) is 0 Å². The molecule has 5 heteroatoms. The van der Waals surface area contributed by atoms with Crippen LogP contribution in [0.3, 0.4) is 0 Å². The van der Waals surface area contributed by atoms with Gasteiger partial charge in [0.05, 0.1) is 10.0 Å². The van der Waals surface area contributed by atoms with E-state index in [0.717, 1.165) is 6.42 Å². The fraction of sp³-hybridized carbons (Fsp3) is 0.267. The van der Waals surface area contributed by atoms with Gasteiger partial charge in [-0.2, -0.15) is 0 Å². The number of aryl methyl sites for hydroxylation is 1. The number of hydrogen-bond donors (Lipinski definition) is 2. The molecule has 0 aliphatic carbocycles. The number of halogens is 2. The number of pyridine rings is 1. The molecule has 0 atom stereocenters. The van der Waals surface area contributed by atoms with E-state index < -0.39 is 0 Å². The first-order chi connectivity index (χ1) is 9.65. The summed E-state index contributed by atoms with van der Waals surface area (Å²) < 4.78 is 0. The Labute approximate surface area is 129 Å². The first-order valence-electron chi connectivity index (χ1n) is 6.50. The van der Waals surface area contributed by atoms with Crippen molar-refractivity contribution < 1.29 is 0 Å². The maximum atomic E-state index is 6.16. The molecule has 0 spiro atoms. The van der Waals surface area contributed by atoms with Crippen LogP contribution in [0.2, 0.25) is 10.0 Å². The highest BCUT2D eigenvalue weighted by atomic mass is 35.5. The molecule has 0 saturated carbocycles. The largest absolute Gasteiger partial charge is 0.372 e. The SMILES string of the molecule is CCc1ccccc1CNc1nc(NC)c(Cl)cc1Cl. The Bertz CT molecular complexity index is 600. The molecular formula is C15H17Cl2N3. The van der Waals surface area contributed by atoms with Crippen LogP contribution in [0.4, 0.5) is 11.6 Å². The number of nitrogens with zero attached hydrogens (tertiary/aromatic N) is 1. The summed E-state index contributed by atoms with van der Waals surface area (Å²) in [7, 11) is 1.78. The molecule has 2 rings (SSSR count). The summed E-state index contributed by atoms with van der Waals surface area (Å²) in [5.74, 6) is 1.24. The van der Waals surface area contributed by atoms with Gasteiger partial charge in [0, 0.05) is 13.6 Å². The number of aromatic nitrogens is 1. The number of rotatable bonds is 5. The third-order valence-corrected chi connectivity index (χ3v) is 3.69. The van der Waals surface area contributed by atoms with Crippen LogP contribution in [0.15, 0.2) is 30.3 Å². The van der Waals surface area contributed by atoms with Crippen molar-refractivity contribution in [3.63, 3.8) is 0 Å². The van der Waals surface area contributed by atoms with Gasteiger partial charge in [-0.25, -0.2) is 4.98 Å². The standard InChI is InChI=1S/C15H17Cl2N3/c1-3-10-6-4-5-7-11(10)9-19-15-13(17)8-12(16)14(18-2)20-15/h4-8H,3,9H2,1-2H3,(H2,18,19,20). The quantitative estimate of drug-likeness (QED) is 0.847. The van der Waals surface area contributed by atoms with Crippen LogP contribution in [0, 0.1) is 0 Å². The van der Waals surface area contributed by atoms with E-state index in [0.29, 0.717) is 28.2 Å². The van der Waals surface area contributed by atoms with Crippen LogP contribution < -0.4 is 10.6 Å². The fourth-order valence-electron chi connectivity index (χ4n) is 2.02. The smallest absolute Gasteiger partial charge is 0.147 e. The van der Waals surface area contributed by atoms with E-state index >= 15 is 0 Å². The molecule has 0 radical (unpaired) electrons. The van der Waals surface area contributed by atoms with Gasteiger partial charge in [-0.15, -0.1) is 0 Å². The highest BCUT2D eigenvalue weighted by Gasteiger charge is 2.08. The summed E-state index contributed by atoms with van der Waals surface area (Å²) in [5, 5.41) is 7.23. The van der Waals surface area contributed by atoms with Gasteiger partial charge >= 0.3 is 0 Å². The van der Waals surface area contributed by atoms with E-state index in [-0.39, 0.29) is 0 Å². The van der Waals surface area contributed by atoms with E-state index in [2.05, 4.69) is 40.7 Å². The minimum atomic E-state index is 0.511. The van der Waals surface area contributed by atoms with Crippen LogP contribution in [-0.2, 0) is 13.0 Å². The monoisotopic (exact) mass is 309 g/mol. The van der Waals surface area contributed by atoms with Crippen molar-refractivity contribution in [2.45, 2.75) is 19.9 Å². The van der Waals surface area contributed by atoms with Crippen LogP contribution in [-0.4, -0.2) is 12.0 Å². The van der Waals surface area contributed by atoms with Crippen molar-refractivity contribution in [1.82, 2.24) is 4.98 Å². The van der Waals surface area contributed by atoms with Gasteiger partial charge in [-0.3, -0.25) is 0 Å². The van der Waals surface area contributed by atoms with Crippen molar-refractivity contribution >= 4 is 34.8 Å². The Kier molecular flexibility index (Phi) is 5.10. The summed E-state index contributed by atoms with van der Waals surface area (Å²) >= 11 is 12.2. The third-order valence-electron chi connectivity index (χ3n) is 3.11. The molecule has 0 saturated heterocycles. The van der Waals surface area contributed by atoms with Gasteiger partial charge in [0.15, 0.2) is 0 Å². The Hall–Kier alpha value is -1.45. The topological polar surface area (TPSA) is 37.0 Å². The zero-order chi connectivity index (χ0) is 14.5. The lowest BCUT2D eigenvalue weighted by atomic mass is 10.1. The van der Waals surface area contributed by atoms with Gasteiger partial charge < -0.3 is 10.6 Å². The van der Waals surface area contributed by atoms with Crippen molar-refractivity contribution in [3.05, 3.63) is 51.5 Å². The number of anilines is 2. The maximum absolute atomic E-state index is 6.16. The molecule has 0 unspecified atom stereocenters. The van der Waals surface area contributed by atoms with E-state index in [4.69, 9.17) is 23.2 Å². The Morgan fingerprint density at radius 2 is 1.70 bits per heavy atom. The zero-order valence-electron chi connectivity index (χ0n) is 11.5. The predicted molar refractivity (Wildman–Crippen MR) is 87.0 cm³/mol. The normalized spacial score (nSPS) is 10.4. The van der Waals surface area contributed by atoms with Crippen molar-refractivity contribution in [2.75, 3.05) is 17.7 Å². The van der Waals surface area contributed by atoms with Crippen molar-refractivity contribution in [1.29, 1.82) is 0 Å². The zero-order valence-corrected chi connectivity index (χ0v) is 13.0. The van der Waals surface area contributed by atoms with Crippen LogP contribution in [0.5, 0.6) is 0 Å². The van der Waals surface area contributed by atoms with Crippen molar-refractivity contribution in [3.8, 4) is 0 Å². The van der Waals surface area contributed by atoms with Gasteiger partial charge in [0.1, 0.15) is 11.6 Å². The summed E-state index contributed by atoms with van der Waals surface area (Å²) in [4.78, 5) is 4.37. The Morgan fingerprint density at radius 1 is 1.05 bits per heavy atom. The highest BCUT2D eigenvalue weighted by Crippen LogP contribution is 2.29. The lowest BCUT2D eigenvalue weighted by molar-refractivity contribution is 1.03. The van der Waals surface area contributed by atoms with Gasteiger partial charge in [0.25, 0.3) is 0 Å². The maximum Gasteiger partial charge on any atom is 0.147 e. The van der Waals surface area contributed by atoms with Crippen molar-refractivity contribution in [2.24, 2.45) is 0 Å². The average Bonchev–Trinajstić information content (AvgIpc) is 2.46. The minimum absolute atomic E-state index is 0.511. The van der Waals surface area contributed by atoms with Crippen LogP contribution >= 0.6 is 23.2 Å². The molecule has 0 bridgehead atoms. The molecule has 2 N–H and O–H groups in total. The summed E-state index contributed by atoms with van der Waals surface area (Å²) in [6.45, 7) is 2.83.